The van der Waals surface area contributed by atoms with Gasteiger partial charge in [-0.05, 0) is 83.5 Å². The standard InChI is InChI=1S/C59H88O6/c1-4-7-10-13-16-19-22-24-26-28-30-32-34-37-40-43-46-49-52-58(61)64-55-56(54-63-57(60)51-48-45-42-39-36-21-18-15-12-9-6-3)65-59(62)53-50-47-44-41-38-35-33-31-29-27-25-23-20-17-14-11-8-5-2/h9-14,16-33,39,42,56H,4-8,15,34-38,40-41,43-55H2,1-3H3/b12-9-,13-10-,14-11-,19-16-,20-17-,21-18-,24-22-,25-23-,28-26-,29-27-,32-30-,33-31-,42-39-. The third-order valence-electron chi connectivity index (χ3n) is 9.70. The van der Waals surface area contributed by atoms with E-state index in [1.54, 1.807) is 0 Å². The van der Waals surface area contributed by atoms with Crippen LogP contribution in [0.2, 0.25) is 0 Å². The molecule has 0 bridgehead atoms. The van der Waals surface area contributed by atoms with Crippen molar-refractivity contribution in [3.8, 4) is 0 Å². The first-order valence-corrected chi connectivity index (χ1v) is 25.1. The topological polar surface area (TPSA) is 78.9 Å². The highest BCUT2D eigenvalue weighted by molar-refractivity contribution is 5.71. The van der Waals surface area contributed by atoms with Crippen molar-refractivity contribution in [1.82, 2.24) is 0 Å². The normalized spacial score (nSPS) is 13.5. The summed E-state index contributed by atoms with van der Waals surface area (Å²) in [5.41, 5.74) is 0. The summed E-state index contributed by atoms with van der Waals surface area (Å²) < 4.78 is 16.7. The maximum atomic E-state index is 12.8. The number of unbranched alkanes of at least 4 members (excludes halogenated alkanes) is 13. The monoisotopic (exact) mass is 893 g/mol. The molecule has 1 unspecified atom stereocenters. The molecule has 0 saturated heterocycles. The second kappa shape index (κ2) is 51.7. The first kappa shape index (κ1) is 60.0. The lowest BCUT2D eigenvalue weighted by atomic mass is 10.1. The average molecular weight is 893 g/mol. The fourth-order valence-electron chi connectivity index (χ4n) is 5.99. The van der Waals surface area contributed by atoms with Gasteiger partial charge in [-0.25, -0.2) is 0 Å². The lowest BCUT2D eigenvalue weighted by Gasteiger charge is -2.18. The lowest BCUT2D eigenvalue weighted by molar-refractivity contribution is -0.167. The molecule has 65 heavy (non-hydrogen) atoms. The van der Waals surface area contributed by atoms with Crippen molar-refractivity contribution in [1.29, 1.82) is 0 Å². The Balaban J connectivity index is 4.58. The first-order valence-electron chi connectivity index (χ1n) is 25.1. The second-order valence-corrected chi connectivity index (χ2v) is 15.9. The van der Waals surface area contributed by atoms with E-state index < -0.39 is 6.10 Å². The van der Waals surface area contributed by atoms with Gasteiger partial charge >= 0.3 is 17.9 Å². The Morgan fingerprint density at radius 2 is 0.677 bits per heavy atom. The predicted molar refractivity (Wildman–Crippen MR) is 278 cm³/mol. The number of hydrogen-bond acceptors (Lipinski definition) is 6. The third-order valence-corrected chi connectivity index (χ3v) is 9.70. The summed E-state index contributed by atoms with van der Waals surface area (Å²) in [6, 6.07) is 0. The van der Waals surface area contributed by atoms with Gasteiger partial charge in [0.15, 0.2) is 6.10 Å². The van der Waals surface area contributed by atoms with E-state index >= 15 is 0 Å². The largest absolute Gasteiger partial charge is 0.462 e. The second-order valence-electron chi connectivity index (χ2n) is 15.9. The van der Waals surface area contributed by atoms with Crippen LogP contribution in [0.15, 0.2) is 158 Å². The molecule has 0 aliphatic rings. The van der Waals surface area contributed by atoms with Crippen molar-refractivity contribution in [2.24, 2.45) is 0 Å². The van der Waals surface area contributed by atoms with Crippen molar-refractivity contribution in [3.63, 3.8) is 0 Å². The van der Waals surface area contributed by atoms with E-state index in [0.717, 1.165) is 116 Å². The maximum absolute atomic E-state index is 12.8. The molecule has 0 spiro atoms. The SMILES string of the molecule is CC/C=C\C/C=C\C/C=C\CCCC(=O)OCC(COC(=O)CCCCCCC\C=C/C=C\C=C/C=C\C=C/CCC)OC(=O)CCCCCCC\C=C/C=C\C=C/C=C\C=C/CCC. The van der Waals surface area contributed by atoms with Gasteiger partial charge in [-0.2, -0.15) is 0 Å². The van der Waals surface area contributed by atoms with Gasteiger partial charge in [-0.3, -0.25) is 14.4 Å². The number of ether oxygens (including phenoxy) is 3. The predicted octanol–water partition coefficient (Wildman–Crippen LogP) is 16.6. The molecule has 6 heteroatoms. The Hall–Kier alpha value is -4.97. The van der Waals surface area contributed by atoms with Crippen LogP contribution in [0.1, 0.15) is 175 Å². The van der Waals surface area contributed by atoms with Gasteiger partial charge in [0.05, 0.1) is 0 Å². The van der Waals surface area contributed by atoms with Crippen LogP contribution in [0.3, 0.4) is 0 Å². The molecule has 1 atom stereocenters. The number of rotatable bonds is 42. The highest BCUT2D eigenvalue weighted by atomic mass is 16.6. The summed E-state index contributed by atoms with van der Waals surface area (Å²) in [5, 5.41) is 0. The van der Waals surface area contributed by atoms with Crippen LogP contribution in [0.4, 0.5) is 0 Å². The van der Waals surface area contributed by atoms with Gasteiger partial charge in [-0.1, -0.05) is 230 Å². The van der Waals surface area contributed by atoms with Crippen molar-refractivity contribution >= 4 is 17.9 Å². The average Bonchev–Trinajstić information content (AvgIpc) is 3.30. The van der Waals surface area contributed by atoms with E-state index in [4.69, 9.17) is 14.2 Å². The molecular formula is C59H88O6. The Morgan fingerprint density at radius 1 is 0.338 bits per heavy atom. The van der Waals surface area contributed by atoms with Gasteiger partial charge < -0.3 is 14.2 Å². The van der Waals surface area contributed by atoms with Gasteiger partial charge in [0, 0.05) is 19.3 Å². The summed E-state index contributed by atoms with van der Waals surface area (Å²) in [6.45, 7) is 6.21. The Kier molecular flexibility index (Phi) is 47.7. The van der Waals surface area contributed by atoms with Gasteiger partial charge in [0.2, 0.25) is 0 Å². The van der Waals surface area contributed by atoms with E-state index in [1.807, 2.05) is 72.9 Å². The van der Waals surface area contributed by atoms with Gasteiger partial charge in [0.1, 0.15) is 13.2 Å². The summed E-state index contributed by atoms with van der Waals surface area (Å²) in [4.78, 5) is 37.9. The molecule has 0 aromatic heterocycles. The molecule has 0 aliphatic heterocycles. The molecule has 0 aromatic carbocycles. The first-order chi connectivity index (χ1) is 32.0. The highest BCUT2D eigenvalue weighted by Crippen LogP contribution is 2.12. The van der Waals surface area contributed by atoms with E-state index in [9.17, 15) is 14.4 Å². The molecule has 0 saturated carbocycles. The fraction of sp³-hybridized carbons (Fsp3) is 0.508. The zero-order valence-electron chi connectivity index (χ0n) is 40.9. The minimum absolute atomic E-state index is 0.126. The number of esters is 3. The highest BCUT2D eigenvalue weighted by Gasteiger charge is 2.19. The number of carbonyl (C=O) groups is 3. The number of carbonyl (C=O) groups excluding carboxylic acids is 3. The van der Waals surface area contributed by atoms with Crippen molar-refractivity contribution in [3.05, 3.63) is 158 Å². The van der Waals surface area contributed by atoms with Crippen molar-refractivity contribution in [2.45, 2.75) is 181 Å². The minimum atomic E-state index is -0.830. The Bertz CT molecular complexity index is 1540. The van der Waals surface area contributed by atoms with Gasteiger partial charge in [0.25, 0.3) is 0 Å². The molecule has 0 rings (SSSR count). The van der Waals surface area contributed by atoms with Crippen LogP contribution in [0.5, 0.6) is 0 Å². The lowest BCUT2D eigenvalue weighted by Crippen LogP contribution is -2.30. The zero-order valence-corrected chi connectivity index (χ0v) is 40.9. The minimum Gasteiger partial charge on any atom is -0.462 e. The number of hydrogen-bond donors (Lipinski definition) is 0. The smallest absolute Gasteiger partial charge is 0.306 e. The van der Waals surface area contributed by atoms with E-state index in [-0.39, 0.29) is 44.0 Å². The molecule has 0 aromatic rings. The van der Waals surface area contributed by atoms with Crippen LogP contribution in [-0.2, 0) is 28.6 Å². The molecule has 0 radical (unpaired) electrons. The maximum Gasteiger partial charge on any atom is 0.306 e. The quantitative estimate of drug-likeness (QED) is 0.0200. The van der Waals surface area contributed by atoms with Crippen molar-refractivity contribution in [2.75, 3.05) is 13.2 Å². The third kappa shape index (κ3) is 49.9. The summed E-state index contributed by atoms with van der Waals surface area (Å²) in [7, 11) is 0. The van der Waals surface area contributed by atoms with E-state index in [0.29, 0.717) is 12.8 Å². The zero-order chi connectivity index (χ0) is 47.2. The summed E-state index contributed by atoms with van der Waals surface area (Å²) in [6.07, 6.45) is 75.1. The fourth-order valence-corrected chi connectivity index (χ4v) is 5.99. The molecule has 0 fully saturated rings. The Labute approximate surface area is 397 Å². The van der Waals surface area contributed by atoms with E-state index in [1.165, 1.54) is 12.8 Å². The Morgan fingerprint density at radius 3 is 1.12 bits per heavy atom. The molecule has 360 valence electrons. The van der Waals surface area contributed by atoms with Crippen LogP contribution >= 0.6 is 0 Å². The molecular weight excluding hydrogens is 805 g/mol. The molecule has 6 nitrogen and oxygen atoms in total. The van der Waals surface area contributed by atoms with Crippen LogP contribution in [-0.4, -0.2) is 37.2 Å². The van der Waals surface area contributed by atoms with E-state index in [2.05, 4.69) is 106 Å². The molecule has 0 N–H and O–H groups in total. The molecule has 0 aliphatic carbocycles. The van der Waals surface area contributed by atoms with Gasteiger partial charge in [-0.15, -0.1) is 0 Å². The van der Waals surface area contributed by atoms with Crippen molar-refractivity contribution < 1.29 is 28.6 Å². The summed E-state index contributed by atoms with van der Waals surface area (Å²) >= 11 is 0. The summed E-state index contributed by atoms with van der Waals surface area (Å²) in [5.74, 6) is -1.05. The molecule has 0 amide bonds. The van der Waals surface area contributed by atoms with Crippen LogP contribution < -0.4 is 0 Å². The van der Waals surface area contributed by atoms with Crippen LogP contribution in [0.25, 0.3) is 0 Å². The number of allylic oxidation sites excluding steroid dienone is 26. The molecule has 0 heterocycles. The van der Waals surface area contributed by atoms with Crippen LogP contribution in [0, 0.1) is 0 Å².